The van der Waals surface area contributed by atoms with E-state index in [4.69, 9.17) is 10.5 Å². The molecule has 0 bridgehead atoms. The Bertz CT molecular complexity index is 240. The van der Waals surface area contributed by atoms with Gasteiger partial charge in [-0.15, -0.1) is 12.6 Å². The molecule has 10 heavy (non-hydrogen) atoms. The second-order valence-corrected chi connectivity index (χ2v) is 2.04. The molecule has 54 valence electrons. The average Bonchev–Trinajstić information content (AvgIpc) is 1.95. The molecule has 4 nitrogen and oxygen atoms in total. The summed E-state index contributed by atoms with van der Waals surface area (Å²) < 4.78 is 4.77. The molecule has 0 atom stereocenters. The van der Waals surface area contributed by atoms with Gasteiger partial charge in [-0.3, -0.25) is 0 Å². The van der Waals surface area contributed by atoms with Gasteiger partial charge in [0.1, 0.15) is 5.03 Å². The molecule has 0 aromatic carbocycles. The number of anilines is 1. The monoisotopic (exact) mass is 157 g/mol. The Labute approximate surface area is 63.8 Å². The molecule has 2 N–H and O–H groups in total. The van der Waals surface area contributed by atoms with E-state index >= 15 is 0 Å². The van der Waals surface area contributed by atoms with Gasteiger partial charge in [0, 0.05) is 0 Å². The maximum Gasteiger partial charge on any atom is 0.233 e. The molecular weight excluding hydrogens is 150 g/mol. The first kappa shape index (κ1) is 7.14. The normalized spacial score (nSPS) is 9.40. The lowest BCUT2D eigenvalue weighted by molar-refractivity contribution is 0.392. The number of rotatable bonds is 1. The molecular formula is C5H7N3OS. The number of methoxy groups -OCH3 is 1. The van der Waals surface area contributed by atoms with Crippen molar-refractivity contribution in [3.8, 4) is 5.88 Å². The van der Waals surface area contributed by atoms with Crippen molar-refractivity contribution in [2.75, 3.05) is 12.8 Å². The van der Waals surface area contributed by atoms with E-state index in [-0.39, 0.29) is 0 Å². The average molecular weight is 157 g/mol. The Kier molecular flexibility index (Phi) is 1.96. The first-order chi connectivity index (χ1) is 4.74. The third-order valence-electron chi connectivity index (χ3n) is 0.968. The molecule has 0 amide bonds. The summed E-state index contributed by atoms with van der Waals surface area (Å²) in [6, 6.07) is 0. The molecule has 0 aliphatic rings. The van der Waals surface area contributed by atoms with Crippen molar-refractivity contribution in [3.05, 3.63) is 6.20 Å². The fourth-order valence-electron chi connectivity index (χ4n) is 0.471. The molecule has 5 heteroatoms. The fourth-order valence-corrected chi connectivity index (χ4v) is 0.628. The van der Waals surface area contributed by atoms with Gasteiger partial charge in [0.05, 0.1) is 13.3 Å². The largest absolute Gasteiger partial charge is 0.480 e. The van der Waals surface area contributed by atoms with Crippen LogP contribution in [0.3, 0.4) is 0 Å². The van der Waals surface area contributed by atoms with Gasteiger partial charge < -0.3 is 10.5 Å². The van der Waals surface area contributed by atoms with Gasteiger partial charge in [0.25, 0.3) is 0 Å². The number of thiol groups is 1. The lowest BCUT2D eigenvalue weighted by Gasteiger charge is -1.99. The zero-order valence-corrected chi connectivity index (χ0v) is 6.30. The van der Waals surface area contributed by atoms with E-state index in [1.165, 1.54) is 13.3 Å². The number of hydrogen-bond donors (Lipinski definition) is 2. The van der Waals surface area contributed by atoms with Crippen molar-refractivity contribution in [3.63, 3.8) is 0 Å². The lowest BCUT2D eigenvalue weighted by Crippen LogP contribution is -1.96. The third-order valence-corrected chi connectivity index (χ3v) is 1.30. The molecule has 0 unspecified atom stereocenters. The van der Waals surface area contributed by atoms with Crippen LogP contribution >= 0.6 is 12.6 Å². The minimum Gasteiger partial charge on any atom is -0.480 e. The quantitative estimate of drug-likeness (QED) is 0.578. The van der Waals surface area contributed by atoms with E-state index in [0.717, 1.165) is 0 Å². The molecule has 0 aliphatic heterocycles. The van der Waals surface area contributed by atoms with Crippen LogP contribution in [0, 0.1) is 0 Å². The standard InChI is InChI=1S/C5H7N3OS/c1-9-3-2-7-4(6)5(10)8-3/h2H,1H3,(H2,6,7)(H,8,10). The smallest absolute Gasteiger partial charge is 0.233 e. The Morgan fingerprint density at radius 1 is 1.70 bits per heavy atom. The van der Waals surface area contributed by atoms with E-state index < -0.39 is 0 Å². The highest BCUT2D eigenvalue weighted by Crippen LogP contribution is 2.13. The maximum absolute atomic E-state index is 5.34. The highest BCUT2D eigenvalue weighted by atomic mass is 32.1. The molecule has 0 saturated heterocycles. The fraction of sp³-hybridized carbons (Fsp3) is 0.200. The molecule has 0 fully saturated rings. The minimum atomic E-state index is 0.309. The Hall–Kier alpha value is -0.970. The molecule has 0 spiro atoms. The van der Waals surface area contributed by atoms with Gasteiger partial charge in [0.2, 0.25) is 5.88 Å². The van der Waals surface area contributed by atoms with Gasteiger partial charge in [-0.2, -0.15) is 0 Å². The number of nitrogens with zero attached hydrogens (tertiary/aromatic N) is 2. The minimum absolute atomic E-state index is 0.309. The SMILES string of the molecule is COc1cnc(N)c(S)n1. The predicted octanol–water partition coefficient (Wildman–Crippen LogP) is 0.356. The zero-order chi connectivity index (χ0) is 7.56. The number of hydrogen-bond acceptors (Lipinski definition) is 5. The van der Waals surface area contributed by atoms with Gasteiger partial charge in [-0.1, -0.05) is 0 Å². The Morgan fingerprint density at radius 2 is 2.40 bits per heavy atom. The van der Waals surface area contributed by atoms with Crippen LogP contribution in [0.15, 0.2) is 11.2 Å². The van der Waals surface area contributed by atoms with E-state index in [0.29, 0.717) is 16.7 Å². The van der Waals surface area contributed by atoms with Crippen molar-refractivity contribution in [2.45, 2.75) is 5.03 Å². The summed E-state index contributed by atoms with van der Waals surface area (Å²) in [6.07, 6.45) is 1.44. The summed E-state index contributed by atoms with van der Waals surface area (Å²) in [4.78, 5) is 7.61. The predicted molar refractivity (Wildman–Crippen MR) is 40.2 cm³/mol. The summed E-state index contributed by atoms with van der Waals surface area (Å²) in [5, 5.41) is 0.388. The van der Waals surface area contributed by atoms with Crippen LogP contribution in [-0.2, 0) is 0 Å². The topological polar surface area (TPSA) is 61.0 Å². The van der Waals surface area contributed by atoms with Crippen LogP contribution in [0.2, 0.25) is 0 Å². The highest BCUT2D eigenvalue weighted by Gasteiger charge is 1.98. The number of nitrogen functional groups attached to an aromatic ring is 1. The second kappa shape index (κ2) is 2.74. The van der Waals surface area contributed by atoms with Gasteiger partial charge >= 0.3 is 0 Å². The number of aromatic nitrogens is 2. The molecule has 0 aliphatic carbocycles. The summed E-state index contributed by atoms with van der Waals surface area (Å²) in [7, 11) is 1.51. The zero-order valence-electron chi connectivity index (χ0n) is 5.40. The van der Waals surface area contributed by atoms with Crippen LogP contribution in [0.1, 0.15) is 0 Å². The van der Waals surface area contributed by atoms with Crippen molar-refractivity contribution in [1.29, 1.82) is 0 Å². The third kappa shape index (κ3) is 1.30. The molecule has 0 radical (unpaired) electrons. The molecule has 1 rings (SSSR count). The van der Waals surface area contributed by atoms with E-state index in [1.807, 2.05) is 0 Å². The van der Waals surface area contributed by atoms with Crippen molar-refractivity contribution >= 4 is 18.4 Å². The maximum atomic E-state index is 5.34. The van der Waals surface area contributed by atoms with Crippen LogP contribution < -0.4 is 10.5 Å². The second-order valence-electron chi connectivity index (χ2n) is 1.62. The van der Waals surface area contributed by atoms with Gasteiger partial charge in [-0.05, 0) is 0 Å². The Morgan fingerprint density at radius 3 is 2.90 bits per heavy atom. The molecule has 0 saturated carbocycles. The molecule has 1 aromatic heterocycles. The lowest BCUT2D eigenvalue weighted by atomic mass is 10.6. The van der Waals surface area contributed by atoms with Crippen LogP contribution in [-0.4, -0.2) is 17.1 Å². The van der Waals surface area contributed by atoms with Crippen LogP contribution in [0.4, 0.5) is 5.82 Å². The summed E-state index contributed by atoms with van der Waals surface area (Å²) >= 11 is 3.94. The number of ether oxygens (including phenoxy) is 1. The summed E-state index contributed by atoms with van der Waals surface area (Å²) in [5.74, 6) is 0.725. The van der Waals surface area contributed by atoms with Crippen molar-refractivity contribution in [2.24, 2.45) is 0 Å². The highest BCUT2D eigenvalue weighted by molar-refractivity contribution is 7.80. The first-order valence-corrected chi connectivity index (χ1v) is 3.04. The van der Waals surface area contributed by atoms with E-state index in [2.05, 4.69) is 22.6 Å². The summed E-state index contributed by atoms with van der Waals surface area (Å²) in [5.41, 5.74) is 5.34. The van der Waals surface area contributed by atoms with Gasteiger partial charge in [-0.25, -0.2) is 9.97 Å². The van der Waals surface area contributed by atoms with E-state index in [9.17, 15) is 0 Å². The van der Waals surface area contributed by atoms with Crippen molar-refractivity contribution < 1.29 is 4.74 Å². The summed E-state index contributed by atoms with van der Waals surface area (Å²) in [6.45, 7) is 0. The first-order valence-electron chi connectivity index (χ1n) is 2.59. The van der Waals surface area contributed by atoms with Crippen molar-refractivity contribution in [1.82, 2.24) is 9.97 Å². The van der Waals surface area contributed by atoms with E-state index in [1.54, 1.807) is 0 Å². The van der Waals surface area contributed by atoms with Crippen LogP contribution in [0.5, 0.6) is 5.88 Å². The molecule has 1 aromatic rings. The Balaban J connectivity index is 3.04. The van der Waals surface area contributed by atoms with Gasteiger partial charge in [0.15, 0.2) is 5.82 Å². The van der Waals surface area contributed by atoms with Crippen LogP contribution in [0.25, 0.3) is 0 Å². The number of nitrogens with two attached hydrogens (primary N) is 1. The molecule has 1 heterocycles.